The lowest BCUT2D eigenvalue weighted by molar-refractivity contribution is -0.153. The first kappa shape index (κ1) is 14.5. The molecule has 0 saturated heterocycles. The SMILES string of the molecule is Cn1cc(CCN(CC(=O)O)CC(F)(F)F)cn1. The van der Waals surface area contributed by atoms with Crippen molar-refractivity contribution in [3.63, 3.8) is 0 Å². The summed E-state index contributed by atoms with van der Waals surface area (Å²) < 4.78 is 38.2. The molecule has 0 amide bonds. The first-order valence-corrected chi connectivity index (χ1v) is 5.24. The molecule has 0 aliphatic heterocycles. The minimum absolute atomic E-state index is 0.0253. The van der Waals surface area contributed by atoms with Crippen molar-refractivity contribution >= 4 is 5.97 Å². The van der Waals surface area contributed by atoms with Crippen molar-refractivity contribution in [1.82, 2.24) is 14.7 Å². The third-order valence-corrected chi connectivity index (χ3v) is 2.24. The summed E-state index contributed by atoms with van der Waals surface area (Å²) >= 11 is 0. The molecule has 102 valence electrons. The van der Waals surface area contributed by atoms with Crippen molar-refractivity contribution in [3.8, 4) is 0 Å². The third kappa shape index (κ3) is 5.67. The third-order valence-electron chi connectivity index (χ3n) is 2.24. The zero-order valence-electron chi connectivity index (χ0n) is 9.81. The molecule has 0 atom stereocenters. The lowest BCUT2D eigenvalue weighted by atomic mass is 10.2. The molecule has 1 N–H and O–H groups in total. The van der Waals surface area contributed by atoms with Gasteiger partial charge in [-0.3, -0.25) is 14.4 Å². The smallest absolute Gasteiger partial charge is 0.401 e. The van der Waals surface area contributed by atoms with Gasteiger partial charge in [-0.2, -0.15) is 18.3 Å². The number of aromatic nitrogens is 2. The van der Waals surface area contributed by atoms with Crippen molar-refractivity contribution in [1.29, 1.82) is 0 Å². The molecule has 0 spiro atoms. The zero-order valence-corrected chi connectivity index (χ0v) is 9.81. The summed E-state index contributed by atoms with van der Waals surface area (Å²) in [6.45, 7) is -1.82. The minimum Gasteiger partial charge on any atom is -0.480 e. The second-order valence-electron chi connectivity index (χ2n) is 3.99. The Morgan fingerprint density at radius 1 is 1.56 bits per heavy atom. The molecule has 0 bridgehead atoms. The van der Waals surface area contributed by atoms with Crippen molar-refractivity contribution in [2.75, 3.05) is 19.6 Å². The van der Waals surface area contributed by atoms with Gasteiger partial charge in [-0.25, -0.2) is 0 Å². The number of halogens is 3. The number of aryl methyl sites for hydroxylation is 1. The van der Waals surface area contributed by atoms with E-state index in [1.807, 2.05) is 0 Å². The lowest BCUT2D eigenvalue weighted by Gasteiger charge is -2.21. The van der Waals surface area contributed by atoms with Gasteiger partial charge in [-0.05, 0) is 12.0 Å². The van der Waals surface area contributed by atoms with Gasteiger partial charge in [-0.15, -0.1) is 0 Å². The number of rotatable bonds is 6. The summed E-state index contributed by atoms with van der Waals surface area (Å²) in [7, 11) is 1.70. The number of nitrogens with zero attached hydrogens (tertiary/aromatic N) is 3. The standard InChI is InChI=1S/C10H14F3N3O2/c1-15-5-8(4-14-15)2-3-16(6-9(17)18)7-10(11,12)13/h4-5H,2-3,6-7H2,1H3,(H,17,18). The largest absolute Gasteiger partial charge is 0.480 e. The predicted molar refractivity (Wildman–Crippen MR) is 57.0 cm³/mol. The number of hydrogen-bond donors (Lipinski definition) is 1. The summed E-state index contributed by atoms with van der Waals surface area (Å²) in [6.07, 6.45) is -0.833. The highest BCUT2D eigenvalue weighted by Gasteiger charge is 2.31. The Bertz CT molecular complexity index is 403. The van der Waals surface area contributed by atoms with E-state index in [2.05, 4.69) is 5.10 Å². The van der Waals surface area contributed by atoms with Crippen molar-refractivity contribution in [2.45, 2.75) is 12.6 Å². The molecule has 5 nitrogen and oxygen atoms in total. The Labute approximate surface area is 102 Å². The van der Waals surface area contributed by atoms with Crippen LogP contribution in [0, 0.1) is 0 Å². The number of aliphatic carboxylic acids is 1. The average molecular weight is 265 g/mol. The van der Waals surface area contributed by atoms with Gasteiger partial charge in [0.2, 0.25) is 0 Å². The molecule has 0 saturated carbocycles. The van der Waals surface area contributed by atoms with Crippen molar-refractivity contribution < 1.29 is 23.1 Å². The molecular weight excluding hydrogens is 251 g/mol. The second-order valence-corrected chi connectivity index (χ2v) is 3.99. The maximum Gasteiger partial charge on any atom is 0.401 e. The Morgan fingerprint density at radius 3 is 2.67 bits per heavy atom. The number of carboxylic acid groups (broad SMARTS) is 1. The first-order valence-electron chi connectivity index (χ1n) is 5.24. The molecule has 0 aliphatic rings. The molecule has 1 rings (SSSR count). The van der Waals surface area contributed by atoms with Crippen molar-refractivity contribution in [2.24, 2.45) is 7.05 Å². The van der Waals surface area contributed by atoms with Gasteiger partial charge in [0.05, 0.1) is 19.3 Å². The average Bonchev–Trinajstić information content (AvgIpc) is 2.57. The normalized spacial score (nSPS) is 12.1. The van der Waals surface area contributed by atoms with E-state index in [0.717, 1.165) is 10.5 Å². The van der Waals surface area contributed by atoms with E-state index in [0.29, 0.717) is 6.42 Å². The van der Waals surface area contributed by atoms with Crippen molar-refractivity contribution in [3.05, 3.63) is 18.0 Å². The fourth-order valence-electron chi connectivity index (χ4n) is 1.55. The van der Waals surface area contributed by atoms with Gasteiger partial charge in [0.1, 0.15) is 0 Å². The zero-order chi connectivity index (χ0) is 13.8. The molecule has 1 heterocycles. The van der Waals surface area contributed by atoms with Crippen LogP contribution in [0.3, 0.4) is 0 Å². The van der Waals surface area contributed by atoms with Gasteiger partial charge in [0, 0.05) is 19.8 Å². The summed E-state index contributed by atoms with van der Waals surface area (Å²) in [6, 6.07) is 0. The Morgan fingerprint density at radius 2 is 2.22 bits per heavy atom. The summed E-state index contributed by atoms with van der Waals surface area (Å²) in [5, 5.41) is 12.4. The fraction of sp³-hybridized carbons (Fsp3) is 0.600. The van der Waals surface area contributed by atoms with Crippen LogP contribution in [0.15, 0.2) is 12.4 Å². The van der Waals surface area contributed by atoms with E-state index in [4.69, 9.17) is 5.11 Å². The molecule has 18 heavy (non-hydrogen) atoms. The molecule has 1 aromatic heterocycles. The van der Waals surface area contributed by atoms with Crippen LogP contribution in [0.1, 0.15) is 5.56 Å². The van der Waals surface area contributed by atoms with Crippen LogP contribution in [-0.4, -0.2) is 51.6 Å². The van der Waals surface area contributed by atoms with Crippen LogP contribution >= 0.6 is 0 Å². The maximum absolute atomic E-state index is 12.2. The topological polar surface area (TPSA) is 58.4 Å². The number of carboxylic acids is 1. The number of hydrogen-bond acceptors (Lipinski definition) is 3. The highest BCUT2D eigenvalue weighted by atomic mass is 19.4. The van der Waals surface area contributed by atoms with E-state index in [1.54, 1.807) is 24.1 Å². The molecule has 0 fully saturated rings. The quantitative estimate of drug-likeness (QED) is 0.830. The predicted octanol–water partition coefficient (Wildman–Crippen LogP) is 0.911. The van der Waals surface area contributed by atoms with Crippen LogP contribution in [-0.2, 0) is 18.3 Å². The Kier molecular flexibility index (Phi) is 4.71. The van der Waals surface area contributed by atoms with Gasteiger partial charge in [0.25, 0.3) is 0 Å². The number of carbonyl (C=O) groups is 1. The summed E-state index contributed by atoms with van der Waals surface area (Å²) in [5.41, 5.74) is 0.773. The summed E-state index contributed by atoms with van der Waals surface area (Å²) in [5.74, 6) is -1.27. The van der Waals surface area contributed by atoms with Gasteiger partial charge < -0.3 is 5.11 Å². The number of alkyl halides is 3. The fourth-order valence-corrected chi connectivity index (χ4v) is 1.55. The van der Waals surface area contributed by atoms with Crippen LogP contribution in [0.4, 0.5) is 13.2 Å². The molecular formula is C10H14F3N3O2. The Balaban J connectivity index is 2.52. The van der Waals surface area contributed by atoms with Crippen LogP contribution in [0.5, 0.6) is 0 Å². The molecule has 0 aromatic carbocycles. The van der Waals surface area contributed by atoms with E-state index in [9.17, 15) is 18.0 Å². The molecule has 0 aliphatic carbocycles. The molecule has 8 heteroatoms. The molecule has 0 unspecified atom stereocenters. The molecule has 0 radical (unpaired) electrons. The van der Waals surface area contributed by atoms with E-state index >= 15 is 0 Å². The monoisotopic (exact) mass is 265 g/mol. The van der Waals surface area contributed by atoms with E-state index < -0.39 is 25.2 Å². The van der Waals surface area contributed by atoms with Crippen LogP contribution in [0.25, 0.3) is 0 Å². The Hall–Kier alpha value is -1.57. The second kappa shape index (κ2) is 5.85. The van der Waals surface area contributed by atoms with Gasteiger partial charge in [0.15, 0.2) is 0 Å². The summed E-state index contributed by atoms with van der Waals surface area (Å²) in [4.78, 5) is 11.3. The lowest BCUT2D eigenvalue weighted by Crippen LogP contribution is -2.39. The van der Waals surface area contributed by atoms with Crippen LogP contribution in [0.2, 0.25) is 0 Å². The highest BCUT2D eigenvalue weighted by Crippen LogP contribution is 2.16. The highest BCUT2D eigenvalue weighted by molar-refractivity contribution is 5.69. The van der Waals surface area contributed by atoms with Gasteiger partial charge in [-0.1, -0.05) is 0 Å². The van der Waals surface area contributed by atoms with Crippen LogP contribution < -0.4 is 0 Å². The van der Waals surface area contributed by atoms with E-state index in [1.165, 1.54) is 0 Å². The maximum atomic E-state index is 12.2. The van der Waals surface area contributed by atoms with E-state index in [-0.39, 0.29) is 6.54 Å². The minimum atomic E-state index is -4.40. The van der Waals surface area contributed by atoms with Gasteiger partial charge >= 0.3 is 12.1 Å². The first-order chi connectivity index (χ1) is 8.26. The molecule has 1 aromatic rings.